The third kappa shape index (κ3) is 5.38. The van der Waals surface area contributed by atoms with E-state index in [0.717, 1.165) is 36.4 Å². The second-order valence-electron chi connectivity index (χ2n) is 5.76. The van der Waals surface area contributed by atoms with Crippen molar-refractivity contribution >= 4 is 5.96 Å². The normalized spacial score (nSPS) is 15.0. The molecule has 0 unspecified atom stereocenters. The number of aliphatic imine (C=N–C) groups is 1. The van der Waals surface area contributed by atoms with Gasteiger partial charge in [0.1, 0.15) is 0 Å². The summed E-state index contributed by atoms with van der Waals surface area (Å²) in [6.45, 7) is 3.79. The van der Waals surface area contributed by atoms with E-state index in [2.05, 4.69) is 21.5 Å². The Hall–Kier alpha value is -2.35. The molecule has 1 aromatic rings. The minimum atomic E-state index is 0.316. The van der Waals surface area contributed by atoms with Crippen LogP contribution in [0.25, 0.3) is 0 Å². The van der Waals surface area contributed by atoms with Crippen LogP contribution in [-0.4, -0.2) is 32.3 Å². The first-order valence-electron chi connectivity index (χ1n) is 8.56. The van der Waals surface area contributed by atoms with Crippen molar-refractivity contribution in [1.82, 2.24) is 10.6 Å². The van der Waals surface area contributed by atoms with Gasteiger partial charge in [-0.1, -0.05) is 12.0 Å². The van der Waals surface area contributed by atoms with E-state index in [-0.39, 0.29) is 0 Å². The summed E-state index contributed by atoms with van der Waals surface area (Å²) in [7, 11) is 1.67. The molecule has 0 aromatic heterocycles. The summed E-state index contributed by atoms with van der Waals surface area (Å²) in [6, 6.07) is 5.99. The summed E-state index contributed by atoms with van der Waals surface area (Å²) in [5, 5.41) is 6.24. The van der Waals surface area contributed by atoms with Crippen LogP contribution in [0.5, 0.6) is 11.5 Å². The zero-order chi connectivity index (χ0) is 17.2. The van der Waals surface area contributed by atoms with Crippen LogP contribution in [0.15, 0.2) is 23.2 Å². The van der Waals surface area contributed by atoms with E-state index in [4.69, 9.17) is 15.9 Å². The van der Waals surface area contributed by atoms with Gasteiger partial charge in [0.05, 0.1) is 26.3 Å². The number of ether oxygens (including phenoxy) is 2. The second-order valence-corrected chi connectivity index (χ2v) is 5.76. The molecule has 5 nitrogen and oxygen atoms in total. The minimum absolute atomic E-state index is 0.316. The number of hydrogen-bond donors (Lipinski definition) is 2. The van der Waals surface area contributed by atoms with E-state index < -0.39 is 0 Å². The lowest BCUT2D eigenvalue weighted by Gasteiger charge is -2.16. The number of methoxy groups -OCH3 is 1. The van der Waals surface area contributed by atoms with Gasteiger partial charge in [0, 0.05) is 6.54 Å². The number of hydrogen-bond acceptors (Lipinski definition) is 3. The Kier molecular flexibility index (Phi) is 7.28. The summed E-state index contributed by atoms with van der Waals surface area (Å²) < 4.78 is 11.5. The number of benzene rings is 1. The Morgan fingerprint density at radius 2 is 2.08 bits per heavy atom. The molecule has 0 heterocycles. The van der Waals surface area contributed by atoms with Crippen LogP contribution in [0.3, 0.4) is 0 Å². The van der Waals surface area contributed by atoms with E-state index in [0.29, 0.717) is 25.2 Å². The van der Waals surface area contributed by atoms with E-state index in [1.165, 1.54) is 12.8 Å². The van der Waals surface area contributed by atoms with Crippen molar-refractivity contribution in [2.45, 2.75) is 45.3 Å². The van der Waals surface area contributed by atoms with Gasteiger partial charge in [-0.2, -0.15) is 0 Å². The van der Waals surface area contributed by atoms with Gasteiger partial charge in [-0.05, 0) is 50.3 Å². The third-order valence-corrected chi connectivity index (χ3v) is 3.95. The Morgan fingerprint density at radius 3 is 2.75 bits per heavy atom. The minimum Gasteiger partial charge on any atom is -0.493 e. The highest BCUT2D eigenvalue weighted by Gasteiger charge is 2.18. The van der Waals surface area contributed by atoms with Crippen molar-refractivity contribution in [2.24, 2.45) is 4.99 Å². The molecule has 0 bridgehead atoms. The molecule has 1 aromatic carbocycles. The van der Waals surface area contributed by atoms with Crippen molar-refractivity contribution in [3.8, 4) is 23.8 Å². The lowest BCUT2D eigenvalue weighted by Crippen LogP contribution is -2.37. The maximum atomic E-state index is 6.06. The smallest absolute Gasteiger partial charge is 0.192 e. The van der Waals surface area contributed by atoms with Crippen molar-refractivity contribution < 1.29 is 9.47 Å². The van der Waals surface area contributed by atoms with Crippen molar-refractivity contribution in [3.63, 3.8) is 0 Å². The zero-order valence-corrected chi connectivity index (χ0v) is 14.6. The fourth-order valence-electron chi connectivity index (χ4n) is 2.74. The summed E-state index contributed by atoms with van der Waals surface area (Å²) in [5.41, 5.74) is 1.06. The highest BCUT2D eigenvalue weighted by molar-refractivity contribution is 5.80. The molecule has 0 radical (unpaired) electrons. The highest BCUT2D eigenvalue weighted by atomic mass is 16.5. The van der Waals surface area contributed by atoms with Crippen LogP contribution in [0.1, 0.15) is 38.2 Å². The number of guanidine groups is 1. The van der Waals surface area contributed by atoms with Crippen molar-refractivity contribution in [1.29, 1.82) is 0 Å². The molecule has 24 heavy (non-hydrogen) atoms. The Labute approximate surface area is 144 Å². The molecule has 1 aliphatic carbocycles. The molecule has 0 saturated heterocycles. The van der Waals surface area contributed by atoms with Crippen molar-refractivity contribution in [3.05, 3.63) is 23.8 Å². The van der Waals surface area contributed by atoms with E-state index in [9.17, 15) is 0 Å². The van der Waals surface area contributed by atoms with Crippen LogP contribution in [-0.2, 0) is 6.54 Å². The largest absolute Gasteiger partial charge is 0.493 e. The molecule has 5 heteroatoms. The Morgan fingerprint density at radius 1 is 1.29 bits per heavy atom. The summed E-state index contributed by atoms with van der Waals surface area (Å²) in [5.74, 6) is 4.83. The molecule has 0 amide bonds. The van der Waals surface area contributed by atoms with Crippen LogP contribution in [0, 0.1) is 12.3 Å². The quantitative estimate of drug-likeness (QED) is 0.459. The van der Waals surface area contributed by atoms with Gasteiger partial charge in [-0.15, -0.1) is 6.42 Å². The van der Waals surface area contributed by atoms with Gasteiger partial charge < -0.3 is 20.1 Å². The topological polar surface area (TPSA) is 54.9 Å². The molecule has 0 atom stereocenters. The number of nitrogens with one attached hydrogen (secondary N) is 2. The predicted molar refractivity (Wildman–Crippen MR) is 97.5 cm³/mol. The zero-order valence-electron chi connectivity index (χ0n) is 14.6. The molecule has 2 N–H and O–H groups in total. The average molecular weight is 329 g/mol. The molecule has 0 aliphatic heterocycles. The molecule has 130 valence electrons. The third-order valence-electron chi connectivity index (χ3n) is 3.95. The van der Waals surface area contributed by atoms with E-state index >= 15 is 0 Å². The van der Waals surface area contributed by atoms with E-state index in [1.54, 1.807) is 7.11 Å². The predicted octanol–water partition coefficient (Wildman–Crippen LogP) is 2.70. The first-order valence-corrected chi connectivity index (χ1v) is 8.56. The first-order chi connectivity index (χ1) is 11.8. The molecule has 1 aliphatic rings. The van der Waals surface area contributed by atoms with Crippen molar-refractivity contribution in [2.75, 3.05) is 20.2 Å². The van der Waals surface area contributed by atoms with Gasteiger partial charge in [-0.3, -0.25) is 0 Å². The highest BCUT2D eigenvalue weighted by Crippen LogP contribution is 2.32. The van der Waals surface area contributed by atoms with Crippen LogP contribution in [0.2, 0.25) is 0 Å². The maximum absolute atomic E-state index is 6.06. The van der Waals surface area contributed by atoms with Crippen LogP contribution >= 0.6 is 0 Å². The van der Waals surface area contributed by atoms with Crippen LogP contribution < -0.4 is 20.1 Å². The number of terminal acetylenes is 1. The van der Waals surface area contributed by atoms with Gasteiger partial charge in [0.2, 0.25) is 0 Å². The number of nitrogens with zero attached hydrogens (tertiary/aromatic N) is 1. The Bertz CT molecular complexity index is 587. The summed E-state index contributed by atoms with van der Waals surface area (Å²) in [6.07, 6.45) is 10.3. The van der Waals surface area contributed by atoms with Gasteiger partial charge in [-0.25, -0.2) is 4.99 Å². The first kappa shape index (κ1) is 18.0. The fourth-order valence-corrected chi connectivity index (χ4v) is 2.74. The standard InChI is InChI=1S/C19H27N3O2/c1-4-12-21-19(20-5-2)22-14-15-10-11-17(18(13-15)23-3)24-16-8-6-7-9-16/h1,10-11,13,16H,5-9,12,14H2,2-3H3,(H2,20,21,22). The van der Waals surface area contributed by atoms with Crippen LogP contribution in [0.4, 0.5) is 0 Å². The van der Waals surface area contributed by atoms with Gasteiger partial charge in [0.25, 0.3) is 0 Å². The monoisotopic (exact) mass is 329 g/mol. The fraction of sp³-hybridized carbons (Fsp3) is 0.526. The molecular weight excluding hydrogens is 302 g/mol. The average Bonchev–Trinajstić information content (AvgIpc) is 3.11. The molecular formula is C19H27N3O2. The lowest BCUT2D eigenvalue weighted by molar-refractivity contribution is 0.200. The van der Waals surface area contributed by atoms with Gasteiger partial charge in [0.15, 0.2) is 17.5 Å². The molecule has 1 fully saturated rings. The summed E-state index contributed by atoms with van der Waals surface area (Å²) >= 11 is 0. The van der Waals surface area contributed by atoms with Gasteiger partial charge >= 0.3 is 0 Å². The van der Waals surface area contributed by atoms with E-state index in [1.807, 2.05) is 25.1 Å². The Balaban J connectivity index is 2.03. The lowest BCUT2D eigenvalue weighted by atomic mass is 10.2. The second kappa shape index (κ2) is 9.71. The molecule has 1 saturated carbocycles. The SMILES string of the molecule is C#CCNC(=NCc1ccc(OC2CCCC2)c(OC)c1)NCC. The molecule has 0 spiro atoms. The molecule has 2 rings (SSSR count). The summed E-state index contributed by atoms with van der Waals surface area (Å²) in [4.78, 5) is 4.53. The number of rotatable bonds is 7. The maximum Gasteiger partial charge on any atom is 0.192 e.